The lowest BCUT2D eigenvalue weighted by Gasteiger charge is -2.50. The predicted molar refractivity (Wildman–Crippen MR) is 83.0 cm³/mol. The fraction of sp³-hybridized carbons (Fsp3) is 0.412. The molecule has 2 aromatic rings. The summed E-state index contributed by atoms with van der Waals surface area (Å²) in [4.78, 5) is 27.2. The molecule has 1 aromatic heterocycles. The van der Waals surface area contributed by atoms with Gasteiger partial charge in [0, 0.05) is 25.0 Å². The quantitative estimate of drug-likeness (QED) is 0.484. The molecule has 4 heterocycles. The van der Waals surface area contributed by atoms with Gasteiger partial charge in [0.1, 0.15) is 17.7 Å². The topological polar surface area (TPSA) is 50.5 Å². The van der Waals surface area contributed by atoms with Gasteiger partial charge in [-0.3, -0.25) is 9.69 Å². The number of benzene rings is 1. The van der Waals surface area contributed by atoms with Gasteiger partial charge in [-0.25, -0.2) is 4.79 Å². The Morgan fingerprint density at radius 2 is 1.82 bits per heavy atom. The number of ketones is 1. The van der Waals surface area contributed by atoms with Crippen molar-refractivity contribution in [1.29, 1.82) is 0 Å². The summed E-state index contributed by atoms with van der Waals surface area (Å²) in [5.41, 5.74) is 0.208. The maximum atomic E-state index is 12.7. The number of carbonyl (C=O) groups excluding carboxylic acids is 1. The molecule has 3 fully saturated rings. The summed E-state index contributed by atoms with van der Waals surface area (Å²) in [7, 11) is 0. The molecule has 0 aliphatic carbocycles. The van der Waals surface area contributed by atoms with E-state index in [0.29, 0.717) is 12.1 Å². The standard InChI is InChI=1S/C17H19N2O3/c20-15(12-19-8-5-18(6-9-19)7-10-19)14-11-13-3-1-2-4-16(13)22-17(14)21/h1-4,11H,5-10,12H2/q+1. The van der Waals surface area contributed by atoms with Crippen LogP contribution in [0.5, 0.6) is 0 Å². The van der Waals surface area contributed by atoms with E-state index in [1.54, 1.807) is 12.1 Å². The number of quaternary nitrogens is 1. The molecule has 114 valence electrons. The van der Waals surface area contributed by atoms with Gasteiger partial charge in [-0.05, 0) is 12.1 Å². The van der Waals surface area contributed by atoms with Crippen LogP contribution in [0.2, 0.25) is 0 Å². The van der Waals surface area contributed by atoms with Gasteiger partial charge in [-0.15, -0.1) is 0 Å². The fourth-order valence-corrected chi connectivity index (χ4v) is 3.61. The number of hydrogen-bond donors (Lipinski definition) is 0. The highest BCUT2D eigenvalue weighted by Gasteiger charge is 2.40. The van der Waals surface area contributed by atoms with Crippen LogP contribution in [0.4, 0.5) is 0 Å². The summed E-state index contributed by atoms with van der Waals surface area (Å²) in [6.45, 7) is 6.59. The number of piperazine rings is 3. The third kappa shape index (κ3) is 2.26. The molecule has 0 N–H and O–H groups in total. The van der Waals surface area contributed by atoms with Crippen LogP contribution in [-0.4, -0.2) is 61.0 Å². The number of hydrogen-bond acceptors (Lipinski definition) is 4. The second-order valence-corrected chi connectivity index (χ2v) is 6.42. The summed E-state index contributed by atoms with van der Waals surface area (Å²) in [6, 6.07) is 8.99. The summed E-state index contributed by atoms with van der Waals surface area (Å²) < 4.78 is 6.11. The zero-order valence-electron chi connectivity index (χ0n) is 12.5. The number of nitrogens with zero attached hydrogens (tertiary/aromatic N) is 2. The maximum Gasteiger partial charge on any atom is 0.347 e. The molecule has 0 amide bonds. The summed E-state index contributed by atoms with van der Waals surface area (Å²) in [5.74, 6) is -0.0881. The minimum atomic E-state index is -0.516. The number of Topliss-reactive ketones (excluding diaryl/α,β-unsaturated/α-hetero) is 1. The molecule has 5 nitrogen and oxygen atoms in total. The third-order valence-electron chi connectivity index (χ3n) is 5.09. The van der Waals surface area contributed by atoms with E-state index >= 15 is 0 Å². The van der Waals surface area contributed by atoms with Crippen LogP contribution >= 0.6 is 0 Å². The van der Waals surface area contributed by atoms with Gasteiger partial charge < -0.3 is 8.90 Å². The fourth-order valence-electron chi connectivity index (χ4n) is 3.61. The lowest BCUT2D eigenvalue weighted by Crippen LogP contribution is -2.68. The van der Waals surface area contributed by atoms with Gasteiger partial charge >= 0.3 is 5.63 Å². The minimum Gasteiger partial charge on any atom is -0.422 e. The molecule has 2 bridgehead atoms. The van der Waals surface area contributed by atoms with Crippen LogP contribution in [0.1, 0.15) is 10.4 Å². The monoisotopic (exact) mass is 299 g/mol. The van der Waals surface area contributed by atoms with E-state index < -0.39 is 5.63 Å². The SMILES string of the molecule is O=C(C[N+]12CCN(CC1)CC2)c1cc2ccccc2oc1=O. The van der Waals surface area contributed by atoms with E-state index in [4.69, 9.17) is 4.42 Å². The summed E-state index contributed by atoms with van der Waals surface area (Å²) in [6.07, 6.45) is 0. The normalized spacial score (nSPS) is 27.2. The second-order valence-electron chi connectivity index (χ2n) is 6.42. The molecule has 3 aliphatic rings. The molecule has 22 heavy (non-hydrogen) atoms. The van der Waals surface area contributed by atoms with E-state index in [-0.39, 0.29) is 11.3 Å². The highest BCUT2D eigenvalue weighted by molar-refractivity contribution is 5.99. The molecule has 0 atom stereocenters. The van der Waals surface area contributed by atoms with Crippen LogP contribution in [-0.2, 0) is 0 Å². The molecule has 5 heteroatoms. The van der Waals surface area contributed by atoms with Gasteiger partial charge in [-0.2, -0.15) is 0 Å². The average Bonchev–Trinajstić information content (AvgIpc) is 2.55. The van der Waals surface area contributed by atoms with E-state index in [9.17, 15) is 9.59 Å². The molecule has 0 unspecified atom stereocenters. The zero-order valence-corrected chi connectivity index (χ0v) is 12.5. The number of rotatable bonds is 3. The van der Waals surface area contributed by atoms with Gasteiger partial charge in [0.25, 0.3) is 0 Å². The summed E-state index contributed by atoms with van der Waals surface area (Å²) in [5, 5.41) is 0.800. The lowest BCUT2D eigenvalue weighted by atomic mass is 10.1. The molecule has 3 saturated heterocycles. The van der Waals surface area contributed by atoms with Crippen molar-refractivity contribution in [3.8, 4) is 0 Å². The Kier molecular flexibility index (Phi) is 3.13. The lowest BCUT2D eigenvalue weighted by molar-refractivity contribution is -0.933. The van der Waals surface area contributed by atoms with Gasteiger partial charge in [0.15, 0.2) is 0 Å². The summed E-state index contributed by atoms with van der Waals surface area (Å²) >= 11 is 0. The first-order valence-corrected chi connectivity index (χ1v) is 7.79. The van der Waals surface area contributed by atoms with Crippen molar-refractivity contribution in [3.05, 3.63) is 46.3 Å². The van der Waals surface area contributed by atoms with Crippen LogP contribution in [0, 0.1) is 0 Å². The Balaban J connectivity index is 1.65. The first-order valence-electron chi connectivity index (χ1n) is 7.79. The van der Waals surface area contributed by atoms with Crippen molar-refractivity contribution >= 4 is 16.8 Å². The van der Waals surface area contributed by atoms with Crippen LogP contribution in [0.3, 0.4) is 0 Å². The minimum absolute atomic E-state index is 0.0881. The molecule has 0 saturated carbocycles. The van der Waals surface area contributed by atoms with E-state index in [2.05, 4.69) is 4.90 Å². The number of fused-ring (bicyclic) bond motifs is 4. The second kappa shape index (κ2) is 5.04. The van der Waals surface area contributed by atoms with Crippen molar-refractivity contribution in [2.75, 3.05) is 45.8 Å². The van der Waals surface area contributed by atoms with Crippen LogP contribution in [0.15, 0.2) is 39.5 Å². The highest BCUT2D eigenvalue weighted by atomic mass is 16.4. The first kappa shape index (κ1) is 13.7. The largest absolute Gasteiger partial charge is 0.422 e. The molecule has 5 rings (SSSR count). The molecular formula is C17H19N2O3+. The van der Waals surface area contributed by atoms with Gasteiger partial charge in [-0.1, -0.05) is 18.2 Å². The average molecular weight is 299 g/mol. The van der Waals surface area contributed by atoms with Crippen molar-refractivity contribution in [3.63, 3.8) is 0 Å². The smallest absolute Gasteiger partial charge is 0.347 e. The Bertz CT molecular complexity index is 774. The van der Waals surface area contributed by atoms with Gasteiger partial charge in [0.05, 0.1) is 19.6 Å². The first-order chi connectivity index (χ1) is 10.7. The molecule has 0 radical (unpaired) electrons. The third-order valence-corrected chi connectivity index (χ3v) is 5.09. The van der Waals surface area contributed by atoms with Crippen molar-refractivity contribution in [2.45, 2.75) is 0 Å². The Morgan fingerprint density at radius 3 is 2.55 bits per heavy atom. The van der Waals surface area contributed by atoms with Crippen molar-refractivity contribution in [2.24, 2.45) is 0 Å². The van der Waals surface area contributed by atoms with E-state index in [1.807, 2.05) is 18.2 Å². The van der Waals surface area contributed by atoms with Crippen molar-refractivity contribution in [1.82, 2.24) is 4.90 Å². The molecule has 1 aromatic carbocycles. The molecule has 3 aliphatic heterocycles. The molecular weight excluding hydrogens is 280 g/mol. The Labute approximate surface area is 128 Å². The Morgan fingerprint density at radius 1 is 1.14 bits per heavy atom. The van der Waals surface area contributed by atoms with E-state index in [1.165, 1.54) is 0 Å². The predicted octanol–water partition coefficient (Wildman–Crippen LogP) is 1.12. The zero-order chi connectivity index (χ0) is 15.2. The number of carbonyl (C=O) groups is 1. The maximum absolute atomic E-state index is 12.7. The van der Waals surface area contributed by atoms with Gasteiger partial charge in [0.2, 0.25) is 5.78 Å². The van der Waals surface area contributed by atoms with Crippen LogP contribution < -0.4 is 5.63 Å². The van der Waals surface area contributed by atoms with Crippen molar-refractivity contribution < 1.29 is 13.7 Å². The van der Waals surface area contributed by atoms with E-state index in [0.717, 1.165) is 49.1 Å². The number of para-hydroxylation sites is 1. The Hall–Kier alpha value is -1.98. The highest BCUT2D eigenvalue weighted by Crippen LogP contribution is 2.20. The van der Waals surface area contributed by atoms with Crippen LogP contribution in [0.25, 0.3) is 11.0 Å². The molecule has 0 spiro atoms.